The molecule has 0 fully saturated rings. The van der Waals surface area contributed by atoms with Gasteiger partial charge in [0.1, 0.15) is 11.2 Å². The van der Waals surface area contributed by atoms with Crippen molar-refractivity contribution < 1.29 is 8.83 Å². The first-order valence-corrected chi connectivity index (χ1v) is 26.3. The Bertz CT molecular complexity index is 4420. The van der Waals surface area contributed by atoms with Gasteiger partial charge in [0.25, 0.3) is 0 Å². The molecule has 2 atom stereocenters. The molecule has 358 valence electrons. The van der Waals surface area contributed by atoms with E-state index in [-0.39, 0.29) is 0 Å². The Labute approximate surface area is 439 Å². The molecule has 4 heteroatoms. The molecule has 76 heavy (non-hydrogen) atoms. The van der Waals surface area contributed by atoms with Gasteiger partial charge >= 0.3 is 0 Å². The standard InChI is InChI=1S/C72H48N2O2/c1-71(59-31-11-7-25-51(59)53-41-39-47(43-61(53)71)73(63-33-15-21-45-19-3-5-23-49(45)63)65-35-17-29-57-55-27-9-13-37-67(55)75-69(57)65)72(2)60-32-12-8-26-52(60)54-42-40-48(44-62(54)72)74(64-34-16-22-46-20-4-6-24-50(46)64)66-36-18-30-58-56-28-10-14-38-68(56)76-70(58)66/h3-44H,1-2H3. The van der Waals surface area contributed by atoms with E-state index < -0.39 is 10.8 Å². The monoisotopic (exact) mass is 972 g/mol. The molecule has 2 aliphatic carbocycles. The van der Waals surface area contributed by atoms with Crippen molar-refractivity contribution in [1.82, 2.24) is 0 Å². The van der Waals surface area contributed by atoms with E-state index in [1.165, 1.54) is 55.3 Å². The summed E-state index contributed by atoms with van der Waals surface area (Å²) in [5.41, 5.74) is 18.8. The van der Waals surface area contributed by atoms with E-state index in [9.17, 15) is 0 Å². The van der Waals surface area contributed by atoms with Gasteiger partial charge in [0.15, 0.2) is 11.2 Å². The van der Waals surface area contributed by atoms with Crippen molar-refractivity contribution in [1.29, 1.82) is 0 Å². The smallest absolute Gasteiger partial charge is 0.159 e. The van der Waals surface area contributed by atoms with Crippen LogP contribution < -0.4 is 9.80 Å². The third kappa shape index (κ3) is 5.78. The summed E-state index contributed by atoms with van der Waals surface area (Å²) >= 11 is 0. The molecule has 2 aliphatic rings. The Morgan fingerprint density at radius 3 is 1.09 bits per heavy atom. The van der Waals surface area contributed by atoms with E-state index >= 15 is 0 Å². The van der Waals surface area contributed by atoms with Crippen molar-refractivity contribution in [2.45, 2.75) is 24.7 Å². The van der Waals surface area contributed by atoms with Crippen LogP contribution >= 0.6 is 0 Å². The minimum Gasteiger partial charge on any atom is -0.454 e. The number of para-hydroxylation sites is 4. The maximum atomic E-state index is 6.88. The van der Waals surface area contributed by atoms with Crippen LogP contribution in [0.25, 0.3) is 87.7 Å². The molecule has 0 aliphatic heterocycles. The molecular formula is C72H48N2O2. The average Bonchev–Trinajstić information content (AvgIpc) is 4.37. The van der Waals surface area contributed by atoms with Gasteiger partial charge < -0.3 is 18.6 Å². The first-order valence-electron chi connectivity index (χ1n) is 26.3. The molecule has 4 nitrogen and oxygen atoms in total. The number of hydrogen-bond donors (Lipinski definition) is 0. The van der Waals surface area contributed by atoms with Gasteiger partial charge in [-0.15, -0.1) is 0 Å². The quantitative estimate of drug-likeness (QED) is 0.159. The van der Waals surface area contributed by atoms with E-state index in [2.05, 4.69) is 278 Å². The highest BCUT2D eigenvalue weighted by molar-refractivity contribution is 6.13. The summed E-state index contributed by atoms with van der Waals surface area (Å²) in [6.07, 6.45) is 0. The molecule has 2 unspecified atom stereocenters. The number of fused-ring (bicyclic) bond motifs is 14. The number of nitrogens with zero attached hydrogens (tertiary/aromatic N) is 2. The van der Waals surface area contributed by atoms with Crippen LogP contribution in [0.2, 0.25) is 0 Å². The Hall–Kier alpha value is -9.64. The van der Waals surface area contributed by atoms with Crippen LogP contribution in [0.5, 0.6) is 0 Å². The molecule has 2 aromatic heterocycles. The number of hydrogen-bond acceptors (Lipinski definition) is 4. The van der Waals surface area contributed by atoms with Gasteiger partial charge in [0.2, 0.25) is 0 Å². The molecular weight excluding hydrogens is 925 g/mol. The highest BCUT2D eigenvalue weighted by Crippen LogP contribution is 2.66. The van der Waals surface area contributed by atoms with E-state index in [1.807, 2.05) is 0 Å². The summed E-state index contributed by atoms with van der Waals surface area (Å²) in [4.78, 5) is 4.88. The number of benzene rings is 12. The molecule has 0 radical (unpaired) electrons. The topological polar surface area (TPSA) is 32.8 Å². The third-order valence-corrected chi connectivity index (χ3v) is 17.4. The summed E-state index contributed by atoms with van der Waals surface area (Å²) in [7, 11) is 0. The van der Waals surface area contributed by atoms with Gasteiger partial charge in [0.05, 0.1) is 22.7 Å². The van der Waals surface area contributed by atoms with E-state index in [4.69, 9.17) is 8.83 Å². The minimum atomic E-state index is -0.576. The summed E-state index contributed by atoms with van der Waals surface area (Å²) in [5.74, 6) is 0. The lowest BCUT2D eigenvalue weighted by atomic mass is 9.56. The van der Waals surface area contributed by atoms with Crippen molar-refractivity contribution in [2.75, 3.05) is 9.80 Å². The van der Waals surface area contributed by atoms with Crippen LogP contribution in [0.4, 0.5) is 34.1 Å². The van der Waals surface area contributed by atoms with Gasteiger partial charge in [-0.05, 0) is 116 Å². The first kappa shape index (κ1) is 42.8. The number of furan rings is 2. The molecule has 0 bridgehead atoms. The molecule has 0 saturated heterocycles. The molecule has 0 spiro atoms. The lowest BCUT2D eigenvalue weighted by Crippen LogP contribution is -2.44. The predicted molar refractivity (Wildman–Crippen MR) is 316 cm³/mol. The largest absolute Gasteiger partial charge is 0.454 e. The maximum Gasteiger partial charge on any atom is 0.159 e. The number of anilines is 6. The van der Waals surface area contributed by atoms with Gasteiger partial charge in [-0.25, -0.2) is 0 Å². The third-order valence-electron chi connectivity index (χ3n) is 17.4. The SMILES string of the molecule is CC1(C2(C)c3ccccc3-c3ccc(N(c4cccc5ccccc45)c4cccc5c4oc4ccccc45)cc32)c2ccccc2-c2ccc(N(c3cccc4ccccc34)c3cccc4c3oc3ccccc34)cc21. The zero-order valence-electron chi connectivity index (χ0n) is 42.0. The zero-order chi connectivity index (χ0) is 50.3. The van der Waals surface area contributed by atoms with Crippen LogP contribution in [0.3, 0.4) is 0 Å². The van der Waals surface area contributed by atoms with Gasteiger partial charge in [-0.1, -0.05) is 208 Å². The number of rotatable bonds is 7. The van der Waals surface area contributed by atoms with E-state index in [1.54, 1.807) is 0 Å². The Balaban J connectivity index is 0.954. The second-order valence-electron chi connectivity index (χ2n) is 21.0. The summed E-state index contributed by atoms with van der Waals surface area (Å²) in [6, 6.07) is 93.3. The Morgan fingerprint density at radius 1 is 0.276 bits per heavy atom. The molecule has 0 saturated carbocycles. The Morgan fingerprint density at radius 2 is 0.618 bits per heavy atom. The van der Waals surface area contributed by atoms with Crippen LogP contribution in [-0.4, -0.2) is 0 Å². The first-order chi connectivity index (χ1) is 37.5. The zero-order valence-corrected chi connectivity index (χ0v) is 42.0. The van der Waals surface area contributed by atoms with Crippen LogP contribution in [0, 0.1) is 0 Å². The predicted octanol–water partition coefficient (Wildman–Crippen LogP) is 20.0. The van der Waals surface area contributed by atoms with Crippen molar-refractivity contribution in [3.63, 3.8) is 0 Å². The van der Waals surface area contributed by atoms with Gasteiger partial charge in [-0.2, -0.15) is 0 Å². The maximum absolute atomic E-state index is 6.88. The van der Waals surface area contributed by atoms with Crippen molar-refractivity contribution in [3.8, 4) is 22.3 Å². The van der Waals surface area contributed by atoms with Gasteiger partial charge in [0, 0.05) is 54.5 Å². The minimum absolute atomic E-state index is 0.576. The molecule has 12 aromatic carbocycles. The highest BCUT2D eigenvalue weighted by Gasteiger charge is 2.57. The fraction of sp³-hybridized carbons (Fsp3) is 0.0556. The second-order valence-corrected chi connectivity index (χ2v) is 21.0. The summed E-state index contributed by atoms with van der Waals surface area (Å²) in [5, 5.41) is 9.07. The second kappa shape index (κ2) is 15.9. The molecule has 0 N–H and O–H groups in total. The fourth-order valence-corrected chi connectivity index (χ4v) is 13.8. The van der Waals surface area contributed by atoms with Crippen molar-refractivity contribution >= 4 is 99.5 Å². The molecule has 16 rings (SSSR count). The molecule has 14 aromatic rings. The molecule has 2 heterocycles. The van der Waals surface area contributed by atoms with E-state index in [0.717, 1.165) is 88.8 Å². The summed E-state index contributed by atoms with van der Waals surface area (Å²) in [6.45, 7) is 5.03. The van der Waals surface area contributed by atoms with Crippen LogP contribution in [-0.2, 0) is 10.8 Å². The van der Waals surface area contributed by atoms with Crippen molar-refractivity contribution in [3.05, 3.63) is 277 Å². The van der Waals surface area contributed by atoms with Crippen LogP contribution in [0.1, 0.15) is 36.1 Å². The van der Waals surface area contributed by atoms with Crippen molar-refractivity contribution in [2.24, 2.45) is 0 Å². The lowest BCUT2D eigenvalue weighted by Gasteiger charge is -2.45. The van der Waals surface area contributed by atoms with Gasteiger partial charge in [-0.3, -0.25) is 0 Å². The van der Waals surface area contributed by atoms with E-state index in [0.29, 0.717) is 0 Å². The highest BCUT2D eigenvalue weighted by atomic mass is 16.3. The lowest BCUT2D eigenvalue weighted by molar-refractivity contribution is 0.376. The molecule has 0 amide bonds. The summed E-state index contributed by atoms with van der Waals surface area (Å²) < 4.78 is 13.8. The fourth-order valence-electron chi connectivity index (χ4n) is 13.8. The average molecular weight is 973 g/mol. The normalized spacial score (nSPS) is 16.4. The Kier molecular flexibility index (Phi) is 8.98. The van der Waals surface area contributed by atoms with Crippen LogP contribution in [0.15, 0.2) is 264 Å².